The van der Waals surface area contributed by atoms with Crippen molar-refractivity contribution in [3.8, 4) is 0 Å². The Hall–Kier alpha value is -3.14. The van der Waals surface area contributed by atoms with Crippen LogP contribution in [0.25, 0.3) is 0 Å². The Kier molecular flexibility index (Phi) is 18.1. The molecule has 0 heterocycles. The van der Waals surface area contributed by atoms with Crippen LogP contribution in [-0.2, 0) is 25.7 Å². The summed E-state index contributed by atoms with van der Waals surface area (Å²) in [6, 6.07) is 8.10. The maximum atomic E-state index is 12.2. The highest BCUT2D eigenvalue weighted by molar-refractivity contribution is 5.84. The number of benzene rings is 1. The second-order valence-electron chi connectivity index (χ2n) is 9.46. The topological polar surface area (TPSA) is 154 Å². The third-order valence-corrected chi connectivity index (χ3v) is 6.13. The average molecular weight is 536 g/mol. The van der Waals surface area contributed by atoms with Crippen molar-refractivity contribution >= 4 is 23.9 Å². The molecule has 0 fully saturated rings. The predicted molar refractivity (Wildman–Crippen MR) is 144 cm³/mol. The third-order valence-electron chi connectivity index (χ3n) is 6.13. The van der Waals surface area contributed by atoms with E-state index in [1.807, 2.05) is 30.3 Å². The van der Waals surface area contributed by atoms with Gasteiger partial charge < -0.3 is 25.6 Å². The summed E-state index contributed by atoms with van der Waals surface area (Å²) >= 11 is 0. The van der Waals surface area contributed by atoms with Crippen LogP contribution in [0.2, 0.25) is 0 Å². The fourth-order valence-electron chi connectivity index (χ4n) is 3.92. The lowest BCUT2D eigenvalue weighted by molar-refractivity contribution is -0.145. The number of alkyl carbamates (subject to hydrolysis) is 1. The lowest BCUT2D eigenvalue weighted by Gasteiger charge is -2.21. The summed E-state index contributed by atoms with van der Waals surface area (Å²) in [7, 11) is 0. The quantitative estimate of drug-likeness (QED) is 0.107. The molecule has 2 atom stereocenters. The first-order valence-electron chi connectivity index (χ1n) is 13.8. The Morgan fingerprint density at radius 2 is 1.45 bits per heavy atom. The van der Waals surface area contributed by atoms with Gasteiger partial charge in [-0.1, -0.05) is 88.6 Å². The van der Waals surface area contributed by atoms with Crippen LogP contribution < -0.4 is 16.0 Å². The molecule has 1 aromatic carbocycles. The summed E-state index contributed by atoms with van der Waals surface area (Å²) < 4.78 is 5.11. The van der Waals surface area contributed by atoms with Gasteiger partial charge in [0.05, 0.1) is 0 Å². The van der Waals surface area contributed by atoms with Crippen LogP contribution in [0.5, 0.6) is 0 Å². The maximum Gasteiger partial charge on any atom is 0.407 e. The first-order chi connectivity index (χ1) is 18.3. The molecule has 214 valence electrons. The van der Waals surface area contributed by atoms with E-state index in [4.69, 9.17) is 4.74 Å². The molecular formula is C28H45N3O7. The van der Waals surface area contributed by atoms with Gasteiger partial charge in [0.15, 0.2) is 6.17 Å². The fourth-order valence-corrected chi connectivity index (χ4v) is 3.92. The number of aliphatic carboxylic acids is 2. The minimum absolute atomic E-state index is 0.133. The maximum absolute atomic E-state index is 12.2. The van der Waals surface area contributed by atoms with Gasteiger partial charge in [-0.25, -0.2) is 9.59 Å². The van der Waals surface area contributed by atoms with Crippen molar-refractivity contribution in [1.82, 2.24) is 16.0 Å². The second kappa shape index (κ2) is 20.9. The molecule has 0 bridgehead atoms. The molecule has 0 aromatic heterocycles. The van der Waals surface area contributed by atoms with Crippen LogP contribution in [-0.4, -0.2) is 52.9 Å². The number of rotatable bonds is 22. The molecule has 2 amide bonds. The molecule has 1 unspecified atom stereocenters. The van der Waals surface area contributed by atoms with Crippen LogP contribution in [0.4, 0.5) is 4.79 Å². The molecule has 0 aliphatic rings. The van der Waals surface area contributed by atoms with Crippen molar-refractivity contribution in [3.05, 3.63) is 35.9 Å². The number of hydrogen-bond acceptors (Lipinski definition) is 6. The van der Waals surface area contributed by atoms with Crippen molar-refractivity contribution in [2.75, 3.05) is 6.54 Å². The Morgan fingerprint density at radius 1 is 0.816 bits per heavy atom. The van der Waals surface area contributed by atoms with E-state index >= 15 is 0 Å². The van der Waals surface area contributed by atoms with Crippen LogP contribution in [0.1, 0.15) is 96.0 Å². The van der Waals surface area contributed by atoms with Gasteiger partial charge >= 0.3 is 18.0 Å². The molecule has 10 nitrogen and oxygen atoms in total. The van der Waals surface area contributed by atoms with Gasteiger partial charge in [-0.3, -0.25) is 14.9 Å². The van der Waals surface area contributed by atoms with Crippen molar-refractivity contribution < 1.29 is 34.1 Å². The number of hydrogen-bond donors (Lipinski definition) is 5. The van der Waals surface area contributed by atoms with E-state index in [0.29, 0.717) is 19.3 Å². The van der Waals surface area contributed by atoms with Crippen molar-refractivity contribution in [2.24, 2.45) is 0 Å². The number of carboxylic acids is 2. The average Bonchev–Trinajstić information content (AvgIpc) is 2.89. The molecule has 1 aromatic rings. The van der Waals surface area contributed by atoms with Crippen molar-refractivity contribution in [1.29, 1.82) is 0 Å². The monoisotopic (exact) mass is 535 g/mol. The van der Waals surface area contributed by atoms with Crippen molar-refractivity contribution in [2.45, 2.75) is 109 Å². The normalized spacial score (nSPS) is 12.3. The predicted octanol–water partition coefficient (Wildman–Crippen LogP) is 4.57. The lowest BCUT2D eigenvalue weighted by Crippen LogP contribution is -2.56. The molecular weight excluding hydrogens is 490 g/mol. The second-order valence-corrected chi connectivity index (χ2v) is 9.46. The molecule has 0 aliphatic heterocycles. The minimum atomic E-state index is -1.49. The van der Waals surface area contributed by atoms with E-state index in [0.717, 1.165) is 24.8 Å². The smallest absolute Gasteiger partial charge is 0.407 e. The van der Waals surface area contributed by atoms with E-state index in [9.17, 15) is 29.4 Å². The van der Waals surface area contributed by atoms with Gasteiger partial charge in [-0.05, 0) is 31.2 Å². The number of ether oxygens (including phenoxy) is 1. The largest absolute Gasteiger partial charge is 0.480 e. The summed E-state index contributed by atoms with van der Waals surface area (Å²) in [5, 5.41) is 26.5. The Bertz CT molecular complexity index is 820. The summed E-state index contributed by atoms with van der Waals surface area (Å²) in [6.07, 6.45) is 9.10. The number of nitrogens with one attached hydrogen (secondary N) is 3. The van der Waals surface area contributed by atoms with E-state index in [2.05, 4.69) is 22.9 Å². The first-order valence-corrected chi connectivity index (χ1v) is 13.8. The summed E-state index contributed by atoms with van der Waals surface area (Å²) in [5.41, 5.74) is 0.867. The Balaban J connectivity index is 2.25. The summed E-state index contributed by atoms with van der Waals surface area (Å²) in [5.74, 6) is -2.98. The molecule has 0 saturated heterocycles. The van der Waals surface area contributed by atoms with Gasteiger partial charge in [-0.2, -0.15) is 0 Å². The highest BCUT2D eigenvalue weighted by Gasteiger charge is 2.26. The number of carboxylic acid groups (broad SMARTS) is 2. The Morgan fingerprint density at radius 3 is 2.05 bits per heavy atom. The molecule has 0 spiro atoms. The Labute approximate surface area is 225 Å². The highest BCUT2D eigenvalue weighted by atomic mass is 16.5. The van der Waals surface area contributed by atoms with Gasteiger partial charge in [0.25, 0.3) is 0 Å². The number of amides is 2. The van der Waals surface area contributed by atoms with Crippen molar-refractivity contribution in [3.63, 3.8) is 0 Å². The number of carbonyl (C=O) groups excluding carboxylic acids is 2. The SMILES string of the molecule is CCCCCCCCCCCC(=O)NC(N[C@@H](CCCCNC(=O)OCc1ccccc1)C(=O)O)C(=O)O. The van der Waals surface area contributed by atoms with E-state index in [1.165, 1.54) is 32.1 Å². The first kappa shape index (κ1) is 32.9. The number of unbranched alkanes of at least 4 members (excludes halogenated alkanes) is 9. The number of carbonyl (C=O) groups is 4. The zero-order chi connectivity index (χ0) is 28.0. The van der Waals surface area contributed by atoms with Gasteiger partial charge in [0.2, 0.25) is 5.91 Å². The lowest BCUT2D eigenvalue weighted by atomic mass is 10.1. The minimum Gasteiger partial charge on any atom is -0.480 e. The van der Waals surface area contributed by atoms with Crippen LogP contribution in [0.15, 0.2) is 30.3 Å². The fraction of sp³-hybridized carbons (Fsp3) is 0.643. The third kappa shape index (κ3) is 16.6. The molecule has 0 saturated carbocycles. The summed E-state index contributed by atoms with van der Waals surface area (Å²) in [6.45, 7) is 2.63. The van der Waals surface area contributed by atoms with Crippen LogP contribution >= 0.6 is 0 Å². The molecule has 10 heteroatoms. The summed E-state index contributed by atoms with van der Waals surface area (Å²) in [4.78, 5) is 47.2. The molecule has 1 rings (SSSR count). The van der Waals surface area contributed by atoms with E-state index in [-0.39, 0.29) is 26.0 Å². The van der Waals surface area contributed by atoms with E-state index < -0.39 is 36.1 Å². The van der Waals surface area contributed by atoms with Crippen LogP contribution in [0, 0.1) is 0 Å². The molecule has 38 heavy (non-hydrogen) atoms. The highest BCUT2D eigenvalue weighted by Crippen LogP contribution is 2.10. The van der Waals surface area contributed by atoms with Gasteiger partial charge in [-0.15, -0.1) is 0 Å². The van der Waals surface area contributed by atoms with E-state index in [1.54, 1.807) is 0 Å². The standard InChI is InChI=1S/C28H45N3O7/c1-2-3-4-5-6-7-8-9-13-19-24(32)31-25(27(35)36)30-23(26(33)34)18-14-15-20-29-28(37)38-21-22-16-11-10-12-17-22/h10-12,16-17,23,25,30H,2-9,13-15,18-21H2,1H3,(H,29,37)(H,31,32)(H,33,34)(H,35,36)/t23-,25?/m0/s1. The molecule has 0 radical (unpaired) electrons. The van der Waals surface area contributed by atoms with Crippen LogP contribution in [0.3, 0.4) is 0 Å². The zero-order valence-corrected chi connectivity index (χ0v) is 22.6. The van der Waals surface area contributed by atoms with Gasteiger partial charge in [0, 0.05) is 13.0 Å². The van der Waals surface area contributed by atoms with Gasteiger partial charge in [0.1, 0.15) is 12.6 Å². The molecule has 5 N–H and O–H groups in total. The molecule has 0 aliphatic carbocycles. The zero-order valence-electron chi connectivity index (χ0n) is 22.6.